The van der Waals surface area contributed by atoms with Gasteiger partial charge in [-0.3, -0.25) is 0 Å². The van der Waals surface area contributed by atoms with Crippen molar-refractivity contribution in [2.45, 2.75) is 46.6 Å². The van der Waals surface area contributed by atoms with E-state index in [4.69, 9.17) is 0 Å². The third kappa shape index (κ3) is 6.51. The Balaban J connectivity index is 2.01. The summed E-state index contributed by atoms with van der Waals surface area (Å²) in [6.07, 6.45) is 9.10. The summed E-state index contributed by atoms with van der Waals surface area (Å²) in [5.74, 6) is 0. The maximum Gasteiger partial charge on any atom is 0.115 e. The van der Waals surface area contributed by atoms with Crippen molar-refractivity contribution in [3.63, 3.8) is 0 Å². The summed E-state index contributed by atoms with van der Waals surface area (Å²) in [7, 11) is 0. The molecule has 0 aromatic carbocycles. The molecule has 0 unspecified atom stereocenters. The zero-order valence-corrected chi connectivity index (χ0v) is 10.7. The van der Waals surface area contributed by atoms with Crippen molar-refractivity contribution < 1.29 is 0 Å². The van der Waals surface area contributed by atoms with Crippen LogP contribution < -0.4 is 5.32 Å². The molecule has 0 atom stereocenters. The molecule has 0 aliphatic carbocycles. The number of nitrogens with one attached hydrogen (secondary N) is 1. The van der Waals surface area contributed by atoms with Crippen molar-refractivity contribution in [3.05, 3.63) is 24.3 Å². The molecule has 0 amide bonds. The van der Waals surface area contributed by atoms with Crippen LogP contribution >= 0.6 is 0 Å². The first kappa shape index (κ1) is 13.1. The lowest BCUT2D eigenvalue weighted by molar-refractivity contribution is 0.358. The average Bonchev–Trinajstić information content (AvgIpc) is 2.23. The Hall–Kier alpha value is -0.960. The maximum absolute atomic E-state index is 3.98. The summed E-state index contributed by atoms with van der Waals surface area (Å²) in [6.45, 7) is 8.83. The van der Waals surface area contributed by atoms with E-state index in [0.717, 1.165) is 18.7 Å². The molecule has 3 nitrogen and oxygen atoms in total. The first-order valence-electron chi connectivity index (χ1n) is 6.02. The predicted molar refractivity (Wildman–Crippen MR) is 67.0 cm³/mol. The van der Waals surface area contributed by atoms with Crippen LogP contribution in [0.15, 0.2) is 18.7 Å². The lowest BCUT2D eigenvalue weighted by Gasteiger charge is -2.17. The van der Waals surface area contributed by atoms with Gasteiger partial charge in [0.25, 0.3) is 0 Å². The van der Waals surface area contributed by atoms with E-state index in [0.29, 0.717) is 5.41 Å². The van der Waals surface area contributed by atoms with Crippen LogP contribution in [-0.4, -0.2) is 16.5 Å². The van der Waals surface area contributed by atoms with E-state index < -0.39 is 0 Å². The largest absolute Gasteiger partial charge is 0.313 e. The summed E-state index contributed by atoms with van der Waals surface area (Å²) >= 11 is 0. The zero-order valence-electron chi connectivity index (χ0n) is 10.7. The van der Waals surface area contributed by atoms with E-state index in [-0.39, 0.29) is 0 Å². The van der Waals surface area contributed by atoms with Crippen LogP contribution in [0.2, 0.25) is 0 Å². The topological polar surface area (TPSA) is 37.8 Å². The SMILES string of the molecule is CC(C)(C)CCCCNCc1cncnc1. The second kappa shape index (κ2) is 6.59. The lowest BCUT2D eigenvalue weighted by atomic mass is 9.90. The molecule has 0 fully saturated rings. The van der Waals surface area contributed by atoms with Crippen LogP contribution in [0.4, 0.5) is 0 Å². The Morgan fingerprint density at radius 3 is 2.44 bits per heavy atom. The highest BCUT2D eigenvalue weighted by Gasteiger charge is 2.08. The Kier molecular flexibility index (Phi) is 5.39. The molecule has 1 heterocycles. The van der Waals surface area contributed by atoms with Gasteiger partial charge in [0, 0.05) is 24.5 Å². The van der Waals surface area contributed by atoms with Crippen molar-refractivity contribution in [1.82, 2.24) is 15.3 Å². The van der Waals surface area contributed by atoms with Crippen molar-refractivity contribution in [2.24, 2.45) is 5.41 Å². The molecule has 0 aliphatic heterocycles. The first-order chi connectivity index (χ1) is 7.58. The summed E-state index contributed by atoms with van der Waals surface area (Å²) in [5, 5.41) is 3.41. The van der Waals surface area contributed by atoms with Crippen LogP contribution in [0.1, 0.15) is 45.6 Å². The van der Waals surface area contributed by atoms with Gasteiger partial charge in [-0.1, -0.05) is 27.2 Å². The highest BCUT2D eigenvalue weighted by Crippen LogP contribution is 2.21. The third-order valence-corrected chi connectivity index (χ3v) is 2.47. The number of aromatic nitrogens is 2. The van der Waals surface area contributed by atoms with Gasteiger partial charge in [0.2, 0.25) is 0 Å². The van der Waals surface area contributed by atoms with E-state index in [1.165, 1.54) is 19.3 Å². The fraction of sp³-hybridized carbons (Fsp3) is 0.692. The van der Waals surface area contributed by atoms with E-state index >= 15 is 0 Å². The molecule has 0 aliphatic rings. The average molecular weight is 221 g/mol. The second-order valence-electron chi connectivity index (χ2n) is 5.44. The molecule has 1 aromatic rings. The molecule has 1 N–H and O–H groups in total. The van der Waals surface area contributed by atoms with Crippen molar-refractivity contribution in [2.75, 3.05) is 6.54 Å². The highest BCUT2D eigenvalue weighted by molar-refractivity contribution is 5.01. The highest BCUT2D eigenvalue weighted by atomic mass is 14.9. The van der Waals surface area contributed by atoms with E-state index in [1.54, 1.807) is 6.33 Å². The quantitative estimate of drug-likeness (QED) is 0.751. The molecule has 1 aromatic heterocycles. The third-order valence-electron chi connectivity index (χ3n) is 2.47. The molecular formula is C13H23N3. The summed E-state index contributed by atoms with van der Waals surface area (Å²) in [6, 6.07) is 0. The number of nitrogens with zero attached hydrogens (tertiary/aromatic N) is 2. The smallest absolute Gasteiger partial charge is 0.115 e. The van der Waals surface area contributed by atoms with Crippen LogP contribution in [0.25, 0.3) is 0 Å². The Morgan fingerprint density at radius 1 is 1.12 bits per heavy atom. The standard InChI is InChI=1S/C13H23N3/c1-13(2,3)6-4-5-7-14-8-12-9-15-11-16-10-12/h9-11,14H,4-8H2,1-3H3. The predicted octanol–water partition coefficient (Wildman–Crippen LogP) is 2.78. The zero-order chi connectivity index (χ0) is 11.9. The molecule has 0 spiro atoms. The fourth-order valence-electron chi connectivity index (χ4n) is 1.56. The van der Waals surface area contributed by atoms with Gasteiger partial charge in [-0.2, -0.15) is 0 Å². The lowest BCUT2D eigenvalue weighted by Crippen LogP contribution is -2.15. The Labute approximate surface area is 98.7 Å². The van der Waals surface area contributed by atoms with Crippen LogP contribution in [0, 0.1) is 5.41 Å². The Bertz CT molecular complexity index is 277. The van der Waals surface area contributed by atoms with Gasteiger partial charge in [-0.05, 0) is 24.8 Å². The molecular weight excluding hydrogens is 198 g/mol. The molecule has 1 rings (SSSR count). The maximum atomic E-state index is 3.98. The summed E-state index contributed by atoms with van der Waals surface area (Å²) in [4.78, 5) is 7.96. The number of rotatable bonds is 6. The van der Waals surface area contributed by atoms with Gasteiger partial charge in [0.05, 0.1) is 0 Å². The molecule has 0 saturated heterocycles. The number of unbranched alkanes of at least 4 members (excludes halogenated alkanes) is 1. The van der Waals surface area contributed by atoms with Crippen LogP contribution in [0.3, 0.4) is 0 Å². The number of hydrogen-bond donors (Lipinski definition) is 1. The van der Waals surface area contributed by atoms with E-state index in [1.807, 2.05) is 12.4 Å². The first-order valence-corrected chi connectivity index (χ1v) is 6.02. The monoisotopic (exact) mass is 221 g/mol. The second-order valence-corrected chi connectivity index (χ2v) is 5.44. The van der Waals surface area contributed by atoms with Gasteiger partial charge in [-0.15, -0.1) is 0 Å². The molecule has 16 heavy (non-hydrogen) atoms. The minimum atomic E-state index is 0.466. The molecule has 0 radical (unpaired) electrons. The van der Waals surface area contributed by atoms with Gasteiger partial charge in [0.15, 0.2) is 0 Å². The molecule has 3 heteroatoms. The Morgan fingerprint density at radius 2 is 1.81 bits per heavy atom. The van der Waals surface area contributed by atoms with Crippen molar-refractivity contribution in [3.8, 4) is 0 Å². The van der Waals surface area contributed by atoms with Crippen LogP contribution in [0.5, 0.6) is 0 Å². The van der Waals surface area contributed by atoms with Gasteiger partial charge >= 0.3 is 0 Å². The van der Waals surface area contributed by atoms with Crippen molar-refractivity contribution in [1.29, 1.82) is 0 Å². The van der Waals surface area contributed by atoms with Crippen LogP contribution in [-0.2, 0) is 6.54 Å². The van der Waals surface area contributed by atoms with E-state index in [2.05, 4.69) is 36.1 Å². The van der Waals surface area contributed by atoms with Crippen molar-refractivity contribution >= 4 is 0 Å². The van der Waals surface area contributed by atoms with Gasteiger partial charge in [0.1, 0.15) is 6.33 Å². The minimum Gasteiger partial charge on any atom is -0.313 e. The fourth-order valence-corrected chi connectivity index (χ4v) is 1.56. The normalized spacial score (nSPS) is 11.7. The minimum absolute atomic E-state index is 0.466. The van der Waals surface area contributed by atoms with Gasteiger partial charge < -0.3 is 5.32 Å². The van der Waals surface area contributed by atoms with Gasteiger partial charge in [-0.25, -0.2) is 9.97 Å². The summed E-state index contributed by atoms with van der Waals surface area (Å²) < 4.78 is 0. The van der Waals surface area contributed by atoms with E-state index in [9.17, 15) is 0 Å². The summed E-state index contributed by atoms with van der Waals surface area (Å²) in [5.41, 5.74) is 1.62. The molecule has 0 saturated carbocycles. The molecule has 90 valence electrons. The molecule has 0 bridgehead atoms. The number of hydrogen-bond acceptors (Lipinski definition) is 3.